The third-order valence-electron chi connectivity index (χ3n) is 5.24. The summed E-state index contributed by atoms with van der Waals surface area (Å²) in [6.45, 7) is 8.28. The van der Waals surface area contributed by atoms with Crippen LogP contribution in [-0.4, -0.2) is 41.4 Å². The molecule has 0 aliphatic carbocycles. The largest absolute Gasteiger partial charge is 0.450 e. The average molecular weight is 404 g/mol. The molecule has 2 aliphatic heterocycles. The second kappa shape index (κ2) is 8.13. The predicted molar refractivity (Wildman–Crippen MR) is 112 cm³/mol. The van der Waals surface area contributed by atoms with Crippen molar-refractivity contribution < 1.29 is 9.13 Å². The Hall–Kier alpha value is -2.06. The van der Waals surface area contributed by atoms with Crippen LogP contribution >= 0.6 is 11.9 Å². The first-order valence-corrected chi connectivity index (χ1v) is 10.6. The van der Waals surface area contributed by atoms with Gasteiger partial charge in [0, 0.05) is 29.8 Å². The highest BCUT2D eigenvalue weighted by molar-refractivity contribution is 8.01. The lowest BCUT2D eigenvalue weighted by Crippen LogP contribution is -2.60. The Morgan fingerprint density at radius 3 is 2.79 bits per heavy atom. The number of hydrogen-bond donors (Lipinski definition) is 2. The topological polar surface area (TPSA) is 62.3 Å². The lowest BCUT2D eigenvalue weighted by molar-refractivity contribution is 0.148. The van der Waals surface area contributed by atoms with Gasteiger partial charge in [-0.2, -0.15) is 0 Å². The molecule has 6 nitrogen and oxygen atoms in total. The Morgan fingerprint density at radius 1 is 1.25 bits per heavy atom. The van der Waals surface area contributed by atoms with Gasteiger partial charge in [0.25, 0.3) is 0 Å². The van der Waals surface area contributed by atoms with Crippen LogP contribution in [0.1, 0.15) is 26.7 Å². The monoisotopic (exact) mass is 403 g/mol. The van der Waals surface area contributed by atoms with Crippen LogP contribution in [0.4, 0.5) is 15.9 Å². The van der Waals surface area contributed by atoms with Gasteiger partial charge in [-0.05, 0) is 50.0 Å². The summed E-state index contributed by atoms with van der Waals surface area (Å²) in [5, 5.41) is 3.78. The molecule has 4 rings (SSSR count). The van der Waals surface area contributed by atoms with E-state index in [1.165, 1.54) is 36.9 Å². The third kappa shape index (κ3) is 4.17. The maximum absolute atomic E-state index is 13.7. The second-order valence-electron chi connectivity index (χ2n) is 7.83. The van der Waals surface area contributed by atoms with Crippen molar-refractivity contribution in [1.82, 2.24) is 15.3 Å². The highest BCUT2D eigenvalue weighted by Crippen LogP contribution is 2.44. The maximum atomic E-state index is 13.7. The molecule has 0 saturated carbocycles. The van der Waals surface area contributed by atoms with Gasteiger partial charge in [0.05, 0.1) is 11.9 Å². The number of ether oxygens (including phenoxy) is 1. The van der Waals surface area contributed by atoms with Crippen LogP contribution in [0, 0.1) is 11.2 Å². The molecule has 1 aromatic heterocycles. The van der Waals surface area contributed by atoms with Gasteiger partial charge < -0.3 is 19.7 Å². The minimum absolute atomic E-state index is 0.306. The van der Waals surface area contributed by atoms with Crippen molar-refractivity contribution in [3.63, 3.8) is 0 Å². The van der Waals surface area contributed by atoms with Gasteiger partial charge in [-0.15, -0.1) is 0 Å². The molecular weight excluding hydrogens is 377 g/mol. The molecule has 0 atom stereocenters. The van der Waals surface area contributed by atoms with E-state index >= 15 is 0 Å². The van der Waals surface area contributed by atoms with Crippen molar-refractivity contribution in [2.75, 3.05) is 35.8 Å². The highest BCUT2D eigenvalue weighted by Gasteiger charge is 2.44. The molecule has 2 saturated heterocycles. The van der Waals surface area contributed by atoms with Gasteiger partial charge in [-0.1, -0.05) is 13.8 Å². The Labute approximate surface area is 169 Å². The van der Waals surface area contributed by atoms with Crippen LogP contribution < -0.4 is 19.7 Å². The summed E-state index contributed by atoms with van der Waals surface area (Å²) in [5.41, 5.74) is 0.996. The van der Waals surface area contributed by atoms with Gasteiger partial charge in [0.15, 0.2) is 17.3 Å². The molecule has 0 unspecified atom stereocenters. The number of piperidine rings is 1. The van der Waals surface area contributed by atoms with Gasteiger partial charge in [-0.25, -0.2) is 14.4 Å². The van der Waals surface area contributed by atoms with Crippen molar-refractivity contribution in [1.29, 1.82) is 0 Å². The summed E-state index contributed by atoms with van der Waals surface area (Å²) in [4.78, 5) is 10.9. The molecular formula is C20H26FN5OS. The van der Waals surface area contributed by atoms with E-state index in [0.717, 1.165) is 32.0 Å². The lowest BCUT2D eigenvalue weighted by atomic mass is 9.72. The zero-order valence-corrected chi connectivity index (χ0v) is 17.1. The fourth-order valence-corrected chi connectivity index (χ4v) is 4.30. The number of aromatic nitrogens is 2. The normalized spacial score (nSPS) is 18.2. The number of hydrogen-bond acceptors (Lipinski definition) is 7. The van der Waals surface area contributed by atoms with Crippen LogP contribution in [0.2, 0.25) is 0 Å². The van der Waals surface area contributed by atoms with Crippen molar-refractivity contribution in [3.8, 4) is 11.5 Å². The smallest absolute Gasteiger partial charge is 0.188 e. The molecule has 0 amide bonds. The number of benzene rings is 1. The van der Waals surface area contributed by atoms with Crippen molar-refractivity contribution >= 4 is 23.5 Å². The zero-order valence-electron chi connectivity index (χ0n) is 16.2. The summed E-state index contributed by atoms with van der Waals surface area (Å²) in [5.74, 6) is 1.64. The molecule has 2 aliphatic rings. The molecule has 150 valence electrons. The molecule has 0 radical (unpaired) electrons. The Morgan fingerprint density at radius 2 is 2.04 bits per heavy atom. The van der Waals surface area contributed by atoms with E-state index in [0.29, 0.717) is 27.9 Å². The first kappa shape index (κ1) is 19.3. The molecule has 8 heteroatoms. The first-order valence-electron chi connectivity index (χ1n) is 9.69. The van der Waals surface area contributed by atoms with Crippen molar-refractivity contribution in [3.05, 3.63) is 36.5 Å². The zero-order chi connectivity index (χ0) is 19.6. The van der Waals surface area contributed by atoms with Crippen molar-refractivity contribution in [2.45, 2.75) is 31.9 Å². The molecule has 28 heavy (non-hydrogen) atoms. The second-order valence-corrected chi connectivity index (χ2v) is 9.21. The standard InChI is InChI=1S/C20H26FN5OS/c1-14(2)28-25-16-9-15(21)3-4-17(16)27-18-10-23-13-24-19(18)26-11-20(12-26)5-7-22-8-6-20/h3-4,9-10,13-14,22,25H,5-8,11-12H2,1-2H3. The first-order chi connectivity index (χ1) is 13.5. The van der Waals surface area contributed by atoms with E-state index in [1.54, 1.807) is 18.6 Å². The number of halogens is 1. The fourth-order valence-electron chi connectivity index (χ4n) is 3.78. The van der Waals surface area contributed by atoms with Crippen molar-refractivity contribution in [2.24, 2.45) is 5.41 Å². The Bertz CT molecular complexity index is 820. The molecule has 2 fully saturated rings. The third-order valence-corrected chi connectivity index (χ3v) is 6.05. The molecule has 3 heterocycles. The molecule has 1 aromatic carbocycles. The molecule has 2 aromatic rings. The fraction of sp³-hybridized carbons (Fsp3) is 0.500. The summed E-state index contributed by atoms with van der Waals surface area (Å²) >= 11 is 1.51. The Kier molecular flexibility index (Phi) is 5.59. The van der Waals surface area contributed by atoms with E-state index in [-0.39, 0.29) is 5.82 Å². The van der Waals surface area contributed by atoms with E-state index in [4.69, 9.17) is 4.74 Å². The summed E-state index contributed by atoms with van der Waals surface area (Å²) in [6, 6.07) is 4.49. The SMILES string of the molecule is CC(C)SNc1cc(F)ccc1Oc1cncnc1N1CC2(CCNCC2)C1. The highest BCUT2D eigenvalue weighted by atomic mass is 32.2. The minimum atomic E-state index is -0.306. The van der Waals surface area contributed by atoms with Gasteiger partial charge in [-0.3, -0.25) is 0 Å². The van der Waals surface area contributed by atoms with E-state index < -0.39 is 0 Å². The molecule has 2 N–H and O–H groups in total. The summed E-state index contributed by atoms with van der Waals surface area (Å²) in [6.07, 6.45) is 5.62. The predicted octanol–water partition coefficient (Wildman–Crippen LogP) is 4.07. The quantitative estimate of drug-likeness (QED) is 0.705. The van der Waals surface area contributed by atoms with Gasteiger partial charge in [0.2, 0.25) is 0 Å². The number of anilines is 2. The summed E-state index contributed by atoms with van der Waals surface area (Å²) in [7, 11) is 0. The molecule has 0 bridgehead atoms. The van der Waals surface area contributed by atoms with Crippen LogP contribution in [0.5, 0.6) is 11.5 Å². The van der Waals surface area contributed by atoms with Crippen LogP contribution in [0.3, 0.4) is 0 Å². The number of nitrogens with one attached hydrogen (secondary N) is 2. The minimum Gasteiger partial charge on any atom is -0.450 e. The number of rotatable bonds is 6. The van der Waals surface area contributed by atoms with Gasteiger partial charge >= 0.3 is 0 Å². The van der Waals surface area contributed by atoms with Crippen LogP contribution in [0.15, 0.2) is 30.7 Å². The van der Waals surface area contributed by atoms with E-state index in [1.807, 2.05) is 0 Å². The lowest BCUT2D eigenvalue weighted by Gasteiger charge is -2.53. The average Bonchev–Trinajstić information content (AvgIpc) is 2.67. The van der Waals surface area contributed by atoms with Crippen LogP contribution in [0.25, 0.3) is 0 Å². The van der Waals surface area contributed by atoms with E-state index in [2.05, 4.69) is 38.8 Å². The maximum Gasteiger partial charge on any atom is 0.188 e. The summed E-state index contributed by atoms with van der Waals surface area (Å²) < 4.78 is 23.1. The Balaban J connectivity index is 1.52. The number of nitrogens with zero attached hydrogens (tertiary/aromatic N) is 3. The van der Waals surface area contributed by atoms with Gasteiger partial charge in [0.1, 0.15) is 12.1 Å². The van der Waals surface area contributed by atoms with Crippen LogP contribution in [-0.2, 0) is 0 Å². The molecule has 1 spiro atoms. The van der Waals surface area contributed by atoms with E-state index in [9.17, 15) is 4.39 Å².